The fraction of sp³-hybridized carbons (Fsp3) is 0.300. The van der Waals surface area contributed by atoms with E-state index in [0.717, 1.165) is 19.3 Å². The number of aromatic nitrogens is 4. The molecule has 2 aromatic heterocycles. The number of nitrogens with zero attached hydrogens (tertiary/aromatic N) is 4. The van der Waals surface area contributed by atoms with Gasteiger partial charge in [0.25, 0.3) is 0 Å². The van der Waals surface area contributed by atoms with E-state index in [1.807, 2.05) is 6.07 Å². The highest BCUT2D eigenvalue weighted by Gasteiger charge is 2.26. The largest absolute Gasteiger partial charge is 0.493 e. The molecular formula is C20H20FN7O2. The van der Waals surface area contributed by atoms with Crippen LogP contribution in [0, 0.1) is 17.1 Å². The number of aromatic amines is 1. The summed E-state index contributed by atoms with van der Waals surface area (Å²) in [5.74, 6) is 0.882. The van der Waals surface area contributed by atoms with Crippen LogP contribution in [0.4, 0.5) is 16.0 Å². The maximum atomic E-state index is 14.4. The lowest BCUT2D eigenvalue weighted by Crippen LogP contribution is -2.19. The summed E-state index contributed by atoms with van der Waals surface area (Å²) >= 11 is 0. The molecule has 154 valence electrons. The van der Waals surface area contributed by atoms with Crippen LogP contribution in [0.1, 0.15) is 25.0 Å². The Balaban J connectivity index is 1.63. The molecule has 4 rings (SSSR count). The van der Waals surface area contributed by atoms with Crippen molar-refractivity contribution in [1.82, 2.24) is 20.2 Å². The van der Waals surface area contributed by atoms with E-state index in [2.05, 4.69) is 25.5 Å². The van der Waals surface area contributed by atoms with Gasteiger partial charge in [-0.15, -0.1) is 0 Å². The van der Waals surface area contributed by atoms with Crippen molar-refractivity contribution in [3.63, 3.8) is 0 Å². The first-order chi connectivity index (χ1) is 14.6. The van der Waals surface area contributed by atoms with E-state index < -0.39 is 5.82 Å². The quantitative estimate of drug-likeness (QED) is 0.566. The first-order valence-corrected chi connectivity index (χ1v) is 9.41. The topological polar surface area (TPSA) is 135 Å². The number of anilines is 2. The number of hydrogen-bond donors (Lipinski definition) is 3. The molecule has 10 heteroatoms. The van der Waals surface area contributed by atoms with Gasteiger partial charge < -0.3 is 20.5 Å². The first-order valence-electron chi connectivity index (χ1n) is 9.41. The SMILES string of the molecule is COc1c(F)ccc(O[C@@H]2CC[C@H](N)C2)c1-c1cc(Nc2cnc(C#N)cn2)n[nH]1. The van der Waals surface area contributed by atoms with Gasteiger partial charge in [0.1, 0.15) is 23.7 Å². The zero-order chi connectivity index (χ0) is 21.1. The third-order valence-electron chi connectivity index (χ3n) is 4.86. The number of halogens is 1. The molecule has 1 fully saturated rings. The summed E-state index contributed by atoms with van der Waals surface area (Å²) in [4.78, 5) is 8.05. The average molecular weight is 409 g/mol. The lowest BCUT2D eigenvalue weighted by Gasteiger charge is -2.18. The van der Waals surface area contributed by atoms with Crippen LogP contribution >= 0.6 is 0 Å². The van der Waals surface area contributed by atoms with Gasteiger partial charge in [0, 0.05) is 12.1 Å². The molecule has 1 aliphatic carbocycles. The Hall–Kier alpha value is -3.71. The zero-order valence-electron chi connectivity index (χ0n) is 16.2. The number of methoxy groups -OCH3 is 1. The van der Waals surface area contributed by atoms with Crippen molar-refractivity contribution >= 4 is 11.6 Å². The predicted molar refractivity (Wildman–Crippen MR) is 107 cm³/mol. The van der Waals surface area contributed by atoms with Crippen molar-refractivity contribution in [3.8, 4) is 28.8 Å². The van der Waals surface area contributed by atoms with Crippen molar-refractivity contribution in [2.45, 2.75) is 31.4 Å². The van der Waals surface area contributed by atoms with Gasteiger partial charge in [-0.2, -0.15) is 10.4 Å². The number of nitrogens with two attached hydrogens (primary N) is 1. The second kappa shape index (κ2) is 8.34. The first kappa shape index (κ1) is 19.6. The van der Waals surface area contributed by atoms with Crippen LogP contribution in [0.5, 0.6) is 11.5 Å². The molecular weight excluding hydrogens is 389 g/mol. The van der Waals surface area contributed by atoms with Crippen LogP contribution < -0.4 is 20.5 Å². The molecule has 3 aromatic rings. The molecule has 0 unspecified atom stereocenters. The predicted octanol–water partition coefficient (Wildman–Crippen LogP) is 2.89. The van der Waals surface area contributed by atoms with Gasteiger partial charge in [0.05, 0.1) is 30.8 Å². The highest BCUT2D eigenvalue weighted by atomic mass is 19.1. The monoisotopic (exact) mass is 409 g/mol. The smallest absolute Gasteiger partial charge is 0.167 e. The summed E-state index contributed by atoms with van der Waals surface area (Å²) in [7, 11) is 1.40. The van der Waals surface area contributed by atoms with E-state index in [9.17, 15) is 4.39 Å². The van der Waals surface area contributed by atoms with Crippen molar-refractivity contribution in [2.75, 3.05) is 12.4 Å². The van der Waals surface area contributed by atoms with Crippen molar-refractivity contribution in [2.24, 2.45) is 5.73 Å². The van der Waals surface area contributed by atoms with Gasteiger partial charge in [-0.25, -0.2) is 14.4 Å². The Morgan fingerprint density at radius 2 is 2.13 bits per heavy atom. The molecule has 4 N–H and O–H groups in total. The van der Waals surface area contributed by atoms with Gasteiger partial charge in [-0.1, -0.05) is 0 Å². The van der Waals surface area contributed by atoms with Crippen molar-refractivity contribution in [1.29, 1.82) is 5.26 Å². The van der Waals surface area contributed by atoms with Crippen molar-refractivity contribution < 1.29 is 13.9 Å². The summed E-state index contributed by atoms with van der Waals surface area (Å²) in [5, 5.41) is 18.9. The normalized spacial score (nSPS) is 18.1. The van der Waals surface area contributed by atoms with Crippen LogP contribution in [0.3, 0.4) is 0 Å². The van der Waals surface area contributed by atoms with Gasteiger partial charge in [-0.3, -0.25) is 5.10 Å². The summed E-state index contributed by atoms with van der Waals surface area (Å²) in [6.07, 6.45) is 5.21. The van der Waals surface area contributed by atoms with Crippen LogP contribution in [-0.4, -0.2) is 39.4 Å². The van der Waals surface area contributed by atoms with Crippen LogP contribution in [0.15, 0.2) is 30.6 Å². The summed E-state index contributed by atoms with van der Waals surface area (Å²) in [5.41, 5.74) is 7.14. The highest BCUT2D eigenvalue weighted by Crippen LogP contribution is 2.41. The average Bonchev–Trinajstić information content (AvgIpc) is 3.38. The lowest BCUT2D eigenvalue weighted by molar-refractivity contribution is 0.208. The Morgan fingerprint density at radius 1 is 1.27 bits per heavy atom. The second-order valence-corrected chi connectivity index (χ2v) is 6.96. The maximum Gasteiger partial charge on any atom is 0.167 e. The number of benzene rings is 1. The highest BCUT2D eigenvalue weighted by molar-refractivity contribution is 5.76. The molecule has 9 nitrogen and oxygen atoms in total. The van der Waals surface area contributed by atoms with Crippen LogP contribution in [0.2, 0.25) is 0 Å². The summed E-state index contributed by atoms with van der Waals surface area (Å²) in [6, 6.07) is 6.59. The molecule has 30 heavy (non-hydrogen) atoms. The standard InChI is InChI=1S/C20H20FN7O2/c1-29-20-14(21)4-5-16(30-13-3-2-11(23)6-13)19(20)15-7-17(28-27-15)26-18-10-24-12(8-22)9-25-18/h4-5,7,9-11,13H,2-3,6,23H2,1H3,(H2,25,26,27,28)/t11-,13+/m0/s1. The Kier molecular flexibility index (Phi) is 5.45. The minimum atomic E-state index is -0.509. The maximum absolute atomic E-state index is 14.4. The number of H-pyrrole nitrogens is 1. The van der Waals surface area contributed by atoms with E-state index in [-0.39, 0.29) is 23.6 Å². The summed E-state index contributed by atoms with van der Waals surface area (Å²) < 4.78 is 25.9. The van der Waals surface area contributed by atoms with Gasteiger partial charge in [0.15, 0.2) is 23.1 Å². The Bertz CT molecular complexity index is 1080. The van der Waals surface area contributed by atoms with E-state index in [4.69, 9.17) is 20.5 Å². The minimum Gasteiger partial charge on any atom is -0.493 e. The minimum absolute atomic E-state index is 0.0386. The summed E-state index contributed by atoms with van der Waals surface area (Å²) in [6.45, 7) is 0. The number of nitrogens with one attached hydrogen (secondary N) is 2. The molecule has 0 spiro atoms. The van der Waals surface area contributed by atoms with E-state index in [0.29, 0.717) is 28.6 Å². The van der Waals surface area contributed by atoms with Crippen LogP contribution in [-0.2, 0) is 0 Å². The molecule has 0 radical (unpaired) electrons. The molecule has 0 amide bonds. The number of hydrogen-bond acceptors (Lipinski definition) is 8. The molecule has 2 heterocycles. The molecule has 0 saturated heterocycles. The fourth-order valence-corrected chi connectivity index (χ4v) is 3.45. The van der Waals surface area contributed by atoms with Gasteiger partial charge >= 0.3 is 0 Å². The third-order valence-corrected chi connectivity index (χ3v) is 4.86. The molecule has 2 atom stereocenters. The molecule has 1 aliphatic rings. The molecule has 1 saturated carbocycles. The van der Waals surface area contributed by atoms with E-state index in [1.165, 1.54) is 25.6 Å². The van der Waals surface area contributed by atoms with E-state index in [1.54, 1.807) is 12.1 Å². The van der Waals surface area contributed by atoms with Crippen LogP contribution in [0.25, 0.3) is 11.3 Å². The van der Waals surface area contributed by atoms with Gasteiger partial charge in [-0.05, 0) is 31.4 Å². The van der Waals surface area contributed by atoms with Crippen molar-refractivity contribution in [3.05, 3.63) is 42.1 Å². The fourth-order valence-electron chi connectivity index (χ4n) is 3.45. The third kappa shape index (κ3) is 4.01. The molecule has 1 aromatic carbocycles. The molecule has 0 aliphatic heterocycles. The van der Waals surface area contributed by atoms with E-state index >= 15 is 0 Å². The number of ether oxygens (including phenoxy) is 2. The Morgan fingerprint density at radius 3 is 2.80 bits per heavy atom. The lowest BCUT2D eigenvalue weighted by atomic mass is 10.1. The van der Waals surface area contributed by atoms with Gasteiger partial charge in [0.2, 0.25) is 0 Å². The molecule has 0 bridgehead atoms. The second-order valence-electron chi connectivity index (χ2n) is 6.96. The number of rotatable bonds is 6. The zero-order valence-corrected chi connectivity index (χ0v) is 16.2. The number of nitriles is 1. The Labute approximate surface area is 172 Å².